The van der Waals surface area contributed by atoms with E-state index in [0.717, 1.165) is 24.3 Å². The summed E-state index contributed by atoms with van der Waals surface area (Å²) in [6.07, 6.45) is 2.56. The monoisotopic (exact) mass is 271 g/mol. The first kappa shape index (κ1) is 15.0. The second kappa shape index (κ2) is 7.38. The van der Waals surface area contributed by atoms with Crippen LogP contribution in [0.1, 0.15) is 24.9 Å². The number of ether oxygens (including phenoxy) is 1. The predicted molar refractivity (Wildman–Crippen MR) is 74.6 cm³/mol. The molecule has 0 aliphatic rings. The molecule has 0 saturated heterocycles. The van der Waals surface area contributed by atoms with Crippen LogP contribution in [0.2, 0.25) is 0 Å². The molecule has 0 fully saturated rings. The van der Waals surface area contributed by atoms with Crippen molar-refractivity contribution < 1.29 is 14.1 Å². The lowest BCUT2D eigenvalue weighted by Crippen LogP contribution is -2.21. The molecular weight excluding hydrogens is 250 g/mol. The smallest absolute Gasteiger partial charge is 0.120 e. The summed E-state index contributed by atoms with van der Waals surface area (Å²) in [7, 11) is 0.858. The number of benzene rings is 1. The van der Waals surface area contributed by atoms with Gasteiger partial charge in [-0.05, 0) is 38.1 Å². The first-order valence-corrected chi connectivity index (χ1v) is 7.67. The largest absolute Gasteiger partial charge is 0.508 e. The molecule has 0 radical (unpaired) electrons. The highest BCUT2D eigenvalue weighted by molar-refractivity contribution is 7.84. The quantitative estimate of drug-likeness (QED) is 0.743. The van der Waals surface area contributed by atoms with Crippen molar-refractivity contribution in [1.29, 1.82) is 0 Å². The van der Waals surface area contributed by atoms with Crippen molar-refractivity contribution in [1.82, 2.24) is 5.32 Å². The number of phenols is 1. The molecule has 2 N–H and O–H groups in total. The summed E-state index contributed by atoms with van der Waals surface area (Å²) in [6.45, 7) is 2.76. The Bertz CT molecular complexity index is 409. The van der Waals surface area contributed by atoms with Crippen molar-refractivity contribution in [3.8, 4) is 11.5 Å². The van der Waals surface area contributed by atoms with Crippen molar-refractivity contribution >= 4 is 10.8 Å². The lowest BCUT2D eigenvalue weighted by atomic mass is 10.1. The second-order valence-electron chi connectivity index (χ2n) is 4.23. The molecule has 0 spiro atoms. The Morgan fingerprint density at radius 2 is 2.22 bits per heavy atom. The van der Waals surface area contributed by atoms with Gasteiger partial charge >= 0.3 is 0 Å². The Kier molecular flexibility index (Phi) is 6.15. The molecular formula is C13H21NO3S. The summed E-state index contributed by atoms with van der Waals surface area (Å²) >= 11 is 0. The number of rotatable bonds is 7. The summed E-state index contributed by atoms with van der Waals surface area (Å²) in [5.41, 5.74) is 0.812. The minimum atomic E-state index is -0.744. The Morgan fingerprint density at radius 3 is 2.83 bits per heavy atom. The van der Waals surface area contributed by atoms with E-state index in [-0.39, 0.29) is 11.8 Å². The molecule has 2 atom stereocenters. The van der Waals surface area contributed by atoms with Gasteiger partial charge in [0, 0.05) is 34.4 Å². The normalized spacial score (nSPS) is 14.2. The van der Waals surface area contributed by atoms with Gasteiger partial charge in [-0.1, -0.05) is 0 Å². The van der Waals surface area contributed by atoms with Gasteiger partial charge in [0.15, 0.2) is 0 Å². The topological polar surface area (TPSA) is 58.6 Å². The molecule has 1 rings (SSSR count). The summed E-state index contributed by atoms with van der Waals surface area (Å²) in [5.74, 6) is 1.69. The van der Waals surface area contributed by atoms with Gasteiger partial charge in [0.1, 0.15) is 11.5 Å². The van der Waals surface area contributed by atoms with Crippen LogP contribution < -0.4 is 10.1 Å². The molecule has 18 heavy (non-hydrogen) atoms. The zero-order chi connectivity index (χ0) is 13.5. The molecule has 2 unspecified atom stereocenters. The van der Waals surface area contributed by atoms with Gasteiger partial charge in [-0.2, -0.15) is 0 Å². The van der Waals surface area contributed by atoms with E-state index in [1.165, 1.54) is 0 Å². The van der Waals surface area contributed by atoms with Crippen molar-refractivity contribution in [2.45, 2.75) is 19.4 Å². The average Bonchev–Trinajstić information content (AvgIpc) is 2.34. The van der Waals surface area contributed by atoms with E-state index in [2.05, 4.69) is 5.32 Å². The maximum Gasteiger partial charge on any atom is 0.120 e. The highest BCUT2D eigenvalue weighted by Gasteiger charge is 2.10. The highest BCUT2D eigenvalue weighted by atomic mass is 32.2. The molecule has 1 aromatic rings. The Balaban J connectivity index is 2.55. The van der Waals surface area contributed by atoms with E-state index in [1.54, 1.807) is 25.5 Å². The summed E-state index contributed by atoms with van der Waals surface area (Å²) in [5, 5.41) is 13.1. The molecule has 0 aliphatic heterocycles. The minimum absolute atomic E-state index is 0.0328. The van der Waals surface area contributed by atoms with E-state index >= 15 is 0 Å². The van der Waals surface area contributed by atoms with Gasteiger partial charge in [-0.15, -0.1) is 0 Å². The minimum Gasteiger partial charge on any atom is -0.508 e. The van der Waals surface area contributed by atoms with Crippen molar-refractivity contribution in [3.63, 3.8) is 0 Å². The van der Waals surface area contributed by atoms with Crippen LogP contribution in [0.15, 0.2) is 18.2 Å². The molecule has 0 bridgehead atoms. The molecule has 5 heteroatoms. The van der Waals surface area contributed by atoms with Crippen LogP contribution in [-0.4, -0.2) is 35.0 Å². The Labute approximate surface area is 111 Å². The van der Waals surface area contributed by atoms with Gasteiger partial charge in [-0.3, -0.25) is 4.21 Å². The third-order valence-corrected chi connectivity index (χ3v) is 3.62. The van der Waals surface area contributed by atoms with Crippen molar-refractivity contribution in [3.05, 3.63) is 23.8 Å². The van der Waals surface area contributed by atoms with Gasteiger partial charge in [0.05, 0.1) is 7.11 Å². The van der Waals surface area contributed by atoms with Crippen LogP contribution in [0.5, 0.6) is 11.5 Å². The van der Waals surface area contributed by atoms with E-state index in [9.17, 15) is 9.32 Å². The van der Waals surface area contributed by atoms with Gasteiger partial charge in [-0.25, -0.2) is 0 Å². The first-order valence-electron chi connectivity index (χ1n) is 5.95. The van der Waals surface area contributed by atoms with Crippen LogP contribution in [0.3, 0.4) is 0 Å². The molecule has 1 aromatic carbocycles. The molecule has 0 aromatic heterocycles. The van der Waals surface area contributed by atoms with Crippen LogP contribution in [0, 0.1) is 0 Å². The molecule has 0 heterocycles. The van der Waals surface area contributed by atoms with Crippen molar-refractivity contribution in [2.24, 2.45) is 0 Å². The summed E-state index contributed by atoms with van der Waals surface area (Å²) in [6, 6.07) is 5.22. The molecule has 0 saturated carbocycles. The number of aromatic hydroxyl groups is 1. The van der Waals surface area contributed by atoms with Crippen LogP contribution in [0.25, 0.3) is 0 Å². The van der Waals surface area contributed by atoms with E-state index < -0.39 is 10.8 Å². The van der Waals surface area contributed by atoms with Crippen LogP contribution in [-0.2, 0) is 10.8 Å². The standard InChI is InChI=1S/C13H21NO3S/c1-10(14-7-4-8-18(3)16)12-9-11(17-2)5-6-13(12)15/h5-6,9-10,14-15H,4,7-8H2,1-3H3. The fourth-order valence-electron chi connectivity index (χ4n) is 1.71. The maximum absolute atomic E-state index is 10.9. The molecule has 0 amide bonds. The average molecular weight is 271 g/mol. The van der Waals surface area contributed by atoms with E-state index in [0.29, 0.717) is 5.75 Å². The van der Waals surface area contributed by atoms with Gasteiger partial charge in [0.25, 0.3) is 0 Å². The third-order valence-electron chi connectivity index (χ3n) is 2.76. The molecule has 0 aliphatic carbocycles. The van der Waals surface area contributed by atoms with Gasteiger partial charge < -0.3 is 15.2 Å². The SMILES string of the molecule is COc1ccc(O)c(C(C)NCCCS(C)=O)c1. The lowest BCUT2D eigenvalue weighted by Gasteiger charge is -2.16. The van der Waals surface area contributed by atoms with Crippen LogP contribution in [0.4, 0.5) is 0 Å². The molecule has 102 valence electrons. The summed E-state index contributed by atoms with van der Waals surface area (Å²) < 4.78 is 16.1. The predicted octanol–water partition coefficient (Wildman–Crippen LogP) is 1.82. The van der Waals surface area contributed by atoms with E-state index in [4.69, 9.17) is 4.74 Å². The number of methoxy groups -OCH3 is 1. The fraction of sp³-hybridized carbons (Fsp3) is 0.538. The van der Waals surface area contributed by atoms with Crippen molar-refractivity contribution in [2.75, 3.05) is 25.7 Å². The Morgan fingerprint density at radius 1 is 1.50 bits per heavy atom. The number of phenolic OH excluding ortho intramolecular Hbond substituents is 1. The molecule has 4 nitrogen and oxygen atoms in total. The lowest BCUT2D eigenvalue weighted by molar-refractivity contribution is 0.407. The van der Waals surface area contributed by atoms with E-state index in [1.807, 2.05) is 13.0 Å². The number of nitrogens with one attached hydrogen (secondary N) is 1. The maximum atomic E-state index is 10.9. The van der Waals surface area contributed by atoms with Crippen LogP contribution >= 0.6 is 0 Å². The summed E-state index contributed by atoms with van der Waals surface area (Å²) in [4.78, 5) is 0. The third kappa shape index (κ3) is 4.66. The zero-order valence-electron chi connectivity index (χ0n) is 11.1. The highest BCUT2D eigenvalue weighted by Crippen LogP contribution is 2.28. The first-order chi connectivity index (χ1) is 8.54. The second-order valence-corrected chi connectivity index (χ2v) is 5.79. The zero-order valence-corrected chi connectivity index (χ0v) is 11.9. The number of hydrogen-bond acceptors (Lipinski definition) is 4. The van der Waals surface area contributed by atoms with Gasteiger partial charge in [0.2, 0.25) is 0 Å². The number of hydrogen-bond donors (Lipinski definition) is 2. The fourth-order valence-corrected chi connectivity index (χ4v) is 2.26. The Hall–Kier alpha value is -1.07.